The molecule has 0 radical (unpaired) electrons. The van der Waals surface area contributed by atoms with E-state index in [1.165, 1.54) is 17.7 Å². The van der Waals surface area contributed by atoms with E-state index in [0.717, 1.165) is 37.4 Å². The standard InChI is InChI=1S/C8H10FN.C8H10O.C4H9NO.CH2O2/c1-10-6-7-3-2-4-8(9)5-7;1-7-3-5-8(9-2)6-4-7;6-4-1-2-5-3-4;2-1-3/h2-5,10H,6H2,1H3;3-6H,1-2H3;4-6H,1-3H2;1H,(H,2,3). The molecule has 156 valence electrons. The second-order valence-corrected chi connectivity index (χ2v) is 5.93. The average Bonchev–Trinajstić information content (AvgIpc) is 3.15. The van der Waals surface area contributed by atoms with E-state index in [9.17, 15) is 4.39 Å². The molecule has 1 aliphatic heterocycles. The predicted molar refractivity (Wildman–Crippen MR) is 109 cm³/mol. The zero-order valence-corrected chi connectivity index (χ0v) is 16.7. The van der Waals surface area contributed by atoms with Gasteiger partial charge in [-0.05, 0) is 56.8 Å². The smallest absolute Gasteiger partial charge is 0.290 e. The number of nitrogens with one attached hydrogen (secondary N) is 2. The van der Waals surface area contributed by atoms with Gasteiger partial charge in [-0.1, -0.05) is 29.8 Å². The SMILES string of the molecule is CNCc1cccc(F)c1.COc1ccc(C)cc1.O=CO.OC1CCNC1. The van der Waals surface area contributed by atoms with Gasteiger partial charge in [-0.2, -0.15) is 0 Å². The minimum absolute atomic E-state index is 0.0648. The number of ether oxygens (including phenoxy) is 1. The molecule has 0 bridgehead atoms. The van der Waals surface area contributed by atoms with Crippen LogP contribution in [0, 0.1) is 12.7 Å². The number of β-amino-alcohol motifs (C(OH)–C–C–N with tert-alkyl or cyclic N) is 1. The molecule has 1 saturated heterocycles. The van der Waals surface area contributed by atoms with Gasteiger partial charge in [-0.25, -0.2) is 4.39 Å². The molecule has 1 heterocycles. The molecule has 4 N–H and O–H groups in total. The van der Waals surface area contributed by atoms with Gasteiger partial charge >= 0.3 is 0 Å². The molecule has 28 heavy (non-hydrogen) atoms. The molecule has 6 nitrogen and oxygen atoms in total. The molecule has 7 heteroatoms. The first kappa shape index (κ1) is 25.5. The van der Waals surface area contributed by atoms with E-state index in [1.807, 2.05) is 37.4 Å². The summed E-state index contributed by atoms with van der Waals surface area (Å²) in [5, 5.41) is 21.5. The molecule has 0 spiro atoms. The van der Waals surface area contributed by atoms with Crippen molar-refractivity contribution in [2.75, 3.05) is 27.2 Å². The molecule has 1 unspecified atom stereocenters. The minimum atomic E-state index is -0.250. The lowest BCUT2D eigenvalue weighted by molar-refractivity contribution is -0.122. The Balaban J connectivity index is 0.000000373. The Labute approximate surface area is 166 Å². The molecule has 1 aliphatic rings. The van der Waals surface area contributed by atoms with Crippen LogP contribution in [0.1, 0.15) is 17.5 Å². The van der Waals surface area contributed by atoms with Gasteiger partial charge in [-0.15, -0.1) is 0 Å². The second kappa shape index (κ2) is 16.7. The number of benzene rings is 2. The summed E-state index contributed by atoms with van der Waals surface area (Å²) in [7, 11) is 3.51. The Morgan fingerprint density at radius 1 is 1.29 bits per heavy atom. The molecular weight excluding hydrogens is 363 g/mol. The number of aryl methyl sites for hydroxylation is 1. The van der Waals surface area contributed by atoms with Gasteiger partial charge in [0.25, 0.3) is 6.47 Å². The summed E-state index contributed by atoms with van der Waals surface area (Å²) < 4.78 is 17.4. The summed E-state index contributed by atoms with van der Waals surface area (Å²) in [5.74, 6) is 0.744. The molecule has 2 aromatic carbocycles. The van der Waals surface area contributed by atoms with Gasteiger partial charge in [-0.3, -0.25) is 4.79 Å². The molecule has 0 amide bonds. The predicted octanol–water partition coefficient (Wildman–Crippen LogP) is 2.59. The number of methoxy groups -OCH3 is 1. The molecular formula is C21H31FN2O4. The largest absolute Gasteiger partial charge is 0.497 e. The fourth-order valence-corrected chi connectivity index (χ4v) is 2.16. The summed E-state index contributed by atoms with van der Waals surface area (Å²) in [6.07, 6.45) is 0.866. The van der Waals surface area contributed by atoms with Crippen molar-refractivity contribution < 1.29 is 24.1 Å². The van der Waals surface area contributed by atoms with Crippen LogP contribution in [-0.4, -0.2) is 50.0 Å². The molecule has 3 rings (SSSR count). The van der Waals surface area contributed by atoms with Crippen LogP contribution < -0.4 is 15.4 Å². The highest BCUT2D eigenvalue weighted by Gasteiger charge is 2.08. The number of aliphatic hydroxyl groups is 1. The van der Waals surface area contributed by atoms with E-state index in [4.69, 9.17) is 19.7 Å². The van der Waals surface area contributed by atoms with Crippen molar-refractivity contribution in [3.8, 4) is 5.75 Å². The van der Waals surface area contributed by atoms with Crippen molar-refractivity contribution in [3.63, 3.8) is 0 Å². The van der Waals surface area contributed by atoms with Gasteiger partial charge in [0.1, 0.15) is 11.6 Å². The normalized spacial score (nSPS) is 14.2. The Morgan fingerprint density at radius 2 is 1.93 bits per heavy atom. The Kier molecular flexibility index (Phi) is 15.2. The Hall–Kier alpha value is -2.48. The molecule has 0 aliphatic carbocycles. The summed E-state index contributed by atoms with van der Waals surface area (Å²) in [6, 6.07) is 14.5. The van der Waals surface area contributed by atoms with Crippen LogP contribution in [0.4, 0.5) is 4.39 Å². The zero-order chi connectivity index (χ0) is 21.2. The highest BCUT2D eigenvalue weighted by molar-refractivity contribution is 5.32. The third-order valence-corrected chi connectivity index (χ3v) is 3.56. The molecule has 0 aromatic heterocycles. The fraction of sp³-hybridized carbons (Fsp3) is 0.381. The van der Waals surface area contributed by atoms with Crippen molar-refractivity contribution in [2.45, 2.75) is 26.0 Å². The number of hydrogen-bond acceptors (Lipinski definition) is 5. The van der Waals surface area contributed by atoms with Gasteiger partial charge in [0.05, 0.1) is 13.2 Å². The summed E-state index contributed by atoms with van der Waals surface area (Å²) in [5.41, 5.74) is 2.23. The van der Waals surface area contributed by atoms with E-state index in [-0.39, 0.29) is 18.4 Å². The summed E-state index contributed by atoms with van der Waals surface area (Å²) >= 11 is 0. The van der Waals surface area contributed by atoms with Gasteiger partial charge in [0.2, 0.25) is 0 Å². The number of halogens is 1. The van der Waals surface area contributed by atoms with Crippen molar-refractivity contribution in [3.05, 3.63) is 65.5 Å². The van der Waals surface area contributed by atoms with Crippen LogP contribution >= 0.6 is 0 Å². The quantitative estimate of drug-likeness (QED) is 0.599. The first-order valence-corrected chi connectivity index (χ1v) is 8.93. The fourth-order valence-electron chi connectivity index (χ4n) is 2.16. The van der Waals surface area contributed by atoms with Crippen molar-refractivity contribution in [1.29, 1.82) is 0 Å². The summed E-state index contributed by atoms with van der Waals surface area (Å²) in [4.78, 5) is 8.36. The van der Waals surface area contributed by atoms with E-state index in [0.29, 0.717) is 0 Å². The third kappa shape index (κ3) is 13.7. The number of hydrogen-bond donors (Lipinski definition) is 4. The minimum Gasteiger partial charge on any atom is -0.497 e. The molecule has 0 saturated carbocycles. The highest BCUT2D eigenvalue weighted by Crippen LogP contribution is 2.09. The van der Waals surface area contributed by atoms with Gasteiger partial charge < -0.3 is 25.6 Å². The second-order valence-electron chi connectivity index (χ2n) is 5.93. The van der Waals surface area contributed by atoms with Gasteiger partial charge in [0, 0.05) is 13.1 Å². The Morgan fingerprint density at radius 3 is 2.32 bits per heavy atom. The van der Waals surface area contributed by atoms with Crippen LogP contribution in [0.15, 0.2) is 48.5 Å². The van der Waals surface area contributed by atoms with Crippen LogP contribution in [0.3, 0.4) is 0 Å². The lowest BCUT2D eigenvalue weighted by Gasteiger charge is -1.97. The number of carboxylic acid groups (broad SMARTS) is 1. The zero-order valence-electron chi connectivity index (χ0n) is 16.7. The van der Waals surface area contributed by atoms with Gasteiger partial charge in [0.15, 0.2) is 0 Å². The molecule has 1 atom stereocenters. The highest BCUT2D eigenvalue weighted by atomic mass is 19.1. The van der Waals surface area contributed by atoms with Crippen molar-refractivity contribution in [1.82, 2.24) is 10.6 Å². The number of aliphatic hydroxyl groups excluding tert-OH is 1. The summed E-state index contributed by atoms with van der Waals surface area (Å²) in [6.45, 7) is 4.30. The van der Waals surface area contributed by atoms with E-state index in [2.05, 4.69) is 17.6 Å². The first-order chi connectivity index (χ1) is 13.5. The number of carbonyl (C=O) groups is 1. The van der Waals surface area contributed by atoms with Crippen LogP contribution in [0.2, 0.25) is 0 Å². The van der Waals surface area contributed by atoms with E-state index in [1.54, 1.807) is 13.2 Å². The van der Waals surface area contributed by atoms with Crippen LogP contribution in [0.25, 0.3) is 0 Å². The monoisotopic (exact) mass is 394 g/mol. The molecule has 2 aromatic rings. The van der Waals surface area contributed by atoms with Crippen molar-refractivity contribution >= 4 is 6.47 Å². The maximum absolute atomic E-state index is 12.5. The molecule has 1 fully saturated rings. The lowest BCUT2D eigenvalue weighted by atomic mass is 10.2. The first-order valence-electron chi connectivity index (χ1n) is 8.93. The van der Waals surface area contributed by atoms with Crippen molar-refractivity contribution in [2.24, 2.45) is 0 Å². The lowest BCUT2D eigenvalue weighted by Crippen LogP contribution is -2.11. The number of rotatable bonds is 3. The average molecular weight is 394 g/mol. The van der Waals surface area contributed by atoms with Crippen LogP contribution in [0.5, 0.6) is 5.75 Å². The van der Waals surface area contributed by atoms with Crippen LogP contribution in [-0.2, 0) is 11.3 Å². The van der Waals surface area contributed by atoms with E-state index >= 15 is 0 Å². The topological polar surface area (TPSA) is 90.8 Å². The van der Waals surface area contributed by atoms with E-state index < -0.39 is 0 Å². The maximum atomic E-state index is 12.5. The third-order valence-electron chi connectivity index (χ3n) is 3.56. The Bertz CT molecular complexity index is 633. The maximum Gasteiger partial charge on any atom is 0.290 e.